The third kappa shape index (κ3) is 1.99. The number of halogens is 2. The third-order valence-electron chi connectivity index (χ3n) is 1.21. The minimum Gasteiger partial charge on any atom is -0.258 e. The Morgan fingerprint density at radius 3 is 2.08 bits per heavy atom. The van der Waals surface area contributed by atoms with Crippen LogP contribution in [-0.2, 0) is 0 Å². The van der Waals surface area contributed by atoms with Crippen LogP contribution >= 0.6 is 44.5 Å². The maximum Gasteiger partial charge on any atom is 0.271 e. The zero-order valence-electron chi connectivity index (χ0n) is 5.62. The number of nitro benzene ring substituents is 1. The summed E-state index contributed by atoms with van der Waals surface area (Å²) >= 11 is 10.4. The molecule has 1 rings (SSSR count). The number of rotatable bonds is 1. The van der Waals surface area contributed by atoms with Gasteiger partial charge in [-0.15, -0.1) is 12.6 Å². The molecule has 0 spiro atoms. The highest BCUT2D eigenvalue weighted by Gasteiger charge is 2.10. The molecule has 64 valence electrons. The number of thiol groups is 1. The fourth-order valence-corrected chi connectivity index (χ4v) is 1.95. The van der Waals surface area contributed by atoms with Gasteiger partial charge in [-0.1, -0.05) is 0 Å². The van der Waals surface area contributed by atoms with Gasteiger partial charge in [0.2, 0.25) is 0 Å². The van der Waals surface area contributed by atoms with E-state index in [-0.39, 0.29) is 5.69 Å². The summed E-state index contributed by atoms with van der Waals surface area (Å²) in [6.07, 6.45) is 0. The predicted octanol–water partition coefficient (Wildman–Crippen LogP) is 3.41. The normalized spacial score (nSPS) is 9.92. The van der Waals surface area contributed by atoms with Crippen LogP contribution in [0.2, 0.25) is 0 Å². The van der Waals surface area contributed by atoms with Crippen molar-refractivity contribution in [3.63, 3.8) is 0 Å². The molecule has 0 fully saturated rings. The fraction of sp³-hybridized carbons (Fsp3) is 0. The molecule has 0 aliphatic carbocycles. The number of nitrogens with zero attached hydrogens (tertiary/aromatic N) is 1. The maximum absolute atomic E-state index is 10.4. The van der Waals surface area contributed by atoms with Gasteiger partial charge in [-0.3, -0.25) is 10.1 Å². The summed E-state index contributed by atoms with van der Waals surface area (Å²) in [6.45, 7) is 0. The van der Waals surface area contributed by atoms with Crippen LogP contribution in [-0.4, -0.2) is 4.92 Å². The minimum atomic E-state index is -0.456. The molecule has 6 heteroatoms. The summed E-state index contributed by atoms with van der Waals surface area (Å²) in [5, 5.41) is 10.4. The molecule has 0 unspecified atom stereocenters. The lowest BCUT2D eigenvalue weighted by atomic mass is 10.3. The lowest BCUT2D eigenvalue weighted by Gasteiger charge is -1.99. The van der Waals surface area contributed by atoms with E-state index in [2.05, 4.69) is 44.5 Å². The SMILES string of the molecule is O=[N+]([O-])c1cc(Br)c(S)c(Br)c1. The molecule has 3 nitrogen and oxygen atoms in total. The minimum absolute atomic E-state index is 0.0338. The zero-order valence-corrected chi connectivity index (χ0v) is 9.69. The van der Waals surface area contributed by atoms with Crippen molar-refractivity contribution in [3.05, 3.63) is 31.2 Å². The molecular weight excluding hydrogens is 310 g/mol. The Hall–Kier alpha value is -0.0700. The van der Waals surface area contributed by atoms with Crippen LogP contribution in [0.3, 0.4) is 0 Å². The van der Waals surface area contributed by atoms with Crippen molar-refractivity contribution >= 4 is 50.2 Å². The molecule has 0 aliphatic heterocycles. The van der Waals surface area contributed by atoms with Gasteiger partial charge in [-0.2, -0.15) is 0 Å². The van der Waals surface area contributed by atoms with Crippen LogP contribution in [0.25, 0.3) is 0 Å². The first kappa shape index (κ1) is 10.0. The molecule has 0 atom stereocenters. The number of non-ortho nitro benzene ring substituents is 1. The molecule has 0 saturated carbocycles. The standard InChI is InChI=1S/C6H3Br2NO2S/c7-4-1-3(9(10)11)2-5(8)6(4)12/h1-2,12H. The van der Waals surface area contributed by atoms with Crippen LogP contribution in [0.1, 0.15) is 0 Å². The Morgan fingerprint density at radius 2 is 1.75 bits per heavy atom. The van der Waals surface area contributed by atoms with E-state index in [0.717, 1.165) is 0 Å². The smallest absolute Gasteiger partial charge is 0.258 e. The topological polar surface area (TPSA) is 43.1 Å². The maximum atomic E-state index is 10.4. The summed E-state index contributed by atoms with van der Waals surface area (Å²) in [5.74, 6) is 0. The second kappa shape index (κ2) is 3.76. The monoisotopic (exact) mass is 311 g/mol. The summed E-state index contributed by atoms with van der Waals surface area (Å²) in [4.78, 5) is 10.6. The summed E-state index contributed by atoms with van der Waals surface area (Å²) in [5.41, 5.74) is 0.0338. The molecule has 0 bridgehead atoms. The Labute approximate surface area is 91.0 Å². The Balaban J connectivity index is 3.31. The molecule has 12 heavy (non-hydrogen) atoms. The van der Waals surface area contributed by atoms with E-state index < -0.39 is 4.92 Å². The first-order valence-electron chi connectivity index (χ1n) is 2.85. The summed E-state index contributed by atoms with van der Waals surface area (Å²) < 4.78 is 1.21. The number of hydrogen-bond donors (Lipinski definition) is 1. The summed E-state index contributed by atoms with van der Waals surface area (Å²) in [6, 6.07) is 2.82. The van der Waals surface area contributed by atoms with Gasteiger partial charge in [-0.25, -0.2) is 0 Å². The van der Waals surface area contributed by atoms with Crippen LogP contribution in [0, 0.1) is 10.1 Å². The van der Waals surface area contributed by atoms with E-state index in [1.165, 1.54) is 12.1 Å². The molecule has 0 aliphatic rings. The van der Waals surface area contributed by atoms with Crippen molar-refractivity contribution in [3.8, 4) is 0 Å². The highest BCUT2D eigenvalue weighted by Crippen LogP contribution is 2.32. The van der Waals surface area contributed by atoms with Crippen molar-refractivity contribution in [2.75, 3.05) is 0 Å². The molecule has 0 radical (unpaired) electrons. The van der Waals surface area contributed by atoms with Crippen LogP contribution in [0.4, 0.5) is 5.69 Å². The zero-order chi connectivity index (χ0) is 9.30. The van der Waals surface area contributed by atoms with Crippen LogP contribution in [0.15, 0.2) is 26.0 Å². The second-order valence-corrected chi connectivity index (χ2v) is 4.17. The van der Waals surface area contributed by atoms with Gasteiger partial charge < -0.3 is 0 Å². The average Bonchev–Trinajstić information content (AvgIpc) is 1.99. The largest absolute Gasteiger partial charge is 0.271 e. The first-order valence-corrected chi connectivity index (χ1v) is 4.88. The van der Waals surface area contributed by atoms with Gasteiger partial charge in [0.25, 0.3) is 5.69 Å². The van der Waals surface area contributed by atoms with Gasteiger partial charge >= 0.3 is 0 Å². The van der Waals surface area contributed by atoms with Crippen molar-refractivity contribution < 1.29 is 4.92 Å². The van der Waals surface area contributed by atoms with Crippen molar-refractivity contribution in [1.29, 1.82) is 0 Å². The van der Waals surface area contributed by atoms with Crippen LogP contribution < -0.4 is 0 Å². The fourth-order valence-electron chi connectivity index (χ4n) is 0.658. The van der Waals surface area contributed by atoms with Gasteiger partial charge in [-0.05, 0) is 31.9 Å². The highest BCUT2D eigenvalue weighted by molar-refractivity contribution is 9.11. The van der Waals surface area contributed by atoms with Gasteiger partial charge in [0, 0.05) is 26.0 Å². The van der Waals surface area contributed by atoms with E-state index in [1.54, 1.807) is 0 Å². The molecule has 0 amide bonds. The molecular formula is C6H3Br2NO2S. The average molecular weight is 313 g/mol. The van der Waals surface area contributed by atoms with Crippen LogP contribution in [0.5, 0.6) is 0 Å². The Bertz CT molecular complexity index is 319. The highest BCUT2D eigenvalue weighted by atomic mass is 79.9. The lowest BCUT2D eigenvalue weighted by Crippen LogP contribution is -1.88. The Kier molecular flexibility index (Phi) is 3.14. The van der Waals surface area contributed by atoms with Crippen molar-refractivity contribution in [2.24, 2.45) is 0 Å². The van der Waals surface area contributed by atoms with E-state index >= 15 is 0 Å². The number of benzene rings is 1. The second-order valence-electron chi connectivity index (χ2n) is 2.02. The predicted molar refractivity (Wildman–Crippen MR) is 55.7 cm³/mol. The molecule has 0 aromatic heterocycles. The molecule has 0 N–H and O–H groups in total. The lowest BCUT2D eigenvalue weighted by molar-refractivity contribution is -0.385. The van der Waals surface area contributed by atoms with E-state index in [1.807, 2.05) is 0 Å². The van der Waals surface area contributed by atoms with Gasteiger partial charge in [0.1, 0.15) is 0 Å². The number of nitro groups is 1. The molecule has 1 aromatic carbocycles. The quantitative estimate of drug-likeness (QED) is 0.490. The third-order valence-corrected chi connectivity index (χ3v) is 3.56. The molecule has 1 aromatic rings. The van der Waals surface area contributed by atoms with Gasteiger partial charge in [0.15, 0.2) is 0 Å². The molecule has 0 heterocycles. The van der Waals surface area contributed by atoms with Gasteiger partial charge in [0.05, 0.1) is 4.92 Å². The van der Waals surface area contributed by atoms with Crippen molar-refractivity contribution in [2.45, 2.75) is 4.90 Å². The number of hydrogen-bond acceptors (Lipinski definition) is 3. The van der Waals surface area contributed by atoms with E-state index in [4.69, 9.17) is 0 Å². The summed E-state index contributed by atoms with van der Waals surface area (Å²) in [7, 11) is 0. The Morgan fingerprint density at radius 1 is 1.33 bits per heavy atom. The molecule has 0 saturated heterocycles. The van der Waals surface area contributed by atoms with Crippen molar-refractivity contribution in [1.82, 2.24) is 0 Å². The first-order chi connectivity index (χ1) is 5.52. The van der Waals surface area contributed by atoms with E-state index in [0.29, 0.717) is 13.8 Å². The van der Waals surface area contributed by atoms with E-state index in [9.17, 15) is 10.1 Å².